The topological polar surface area (TPSA) is 86.8 Å². The zero-order valence-corrected chi connectivity index (χ0v) is 29.0. The van der Waals surface area contributed by atoms with Gasteiger partial charge in [0, 0.05) is 44.7 Å². The molecule has 0 aromatic heterocycles. The predicted octanol–water partition coefficient (Wildman–Crippen LogP) is 8.05. The first-order chi connectivity index (χ1) is 21.9. The molecule has 0 unspecified atom stereocenters. The summed E-state index contributed by atoms with van der Waals surface area (Å²) in [5.41, 5.74) is 1.29. The molecule has 4 aromatic carbocycles. The molecule has 0 spiro atoms. The maximum Gasteiger partial charge on any atom is 0.264 e. The minimum Gasteiger partial charge on any atom is -0.352 e. The standard InChI is InChI=1S/C34H33Cl4N3O4S/c1-3-23(2)39-34(43)32(17-24-11-6-4-7-12-24)40(21-29-30(37)15-10-16-31(29)38)33(42)22-41(27-19-25(35)18-26(36)20-27)46(44,45)28-13-8-5-9-14-28/h4-16,18-20,23,32H,3,17,21-22H2,1-2H3,(H,39,43)/t23-,32-/m0/s1. The number of amides is 2. The molecule has 0 saturated carbocycles. The minimum atomic E-state index is -4.32. The summed E-state index contributed by atoms with van der Waals surface area (Å²) in [6.45, 7) is 2.95. The Morgan fingerprint density at radius 3 is 1.93 bits per heavy atom. The van der Waals surface area contributed by atoms with Crippen LogP contribution in [0.5, 0.6) is 0 Å². The lowest BCUT2D eigenvalue weighted by molar-refractivity contribution is -0.140. The molecule has 2 atom stereocenters. The number of hydrogen-bond donors (Lipinski definition) is 1. The maximum absolute atomic E-state index is 14.6. The Morgan fingerprint density at radius 1 is 0.804 bits per heavy atom. The zero-order chi connectivity index (χ0) is 33.4. The molecule has 0 aliphatic heterocycles. The van der Waals surface area contributed by atoms with Crippen LogP contribution in [0.25, 0.3) is 0 Å². The molecule has 12 heteroatoms. The molecule has 0 saturated heterocycles. The van der Waals surface area contributed by atoms with Crippen molar-refractivity contribution >= 4 is 73.9 Å². The predicted molar refractivity (Wildman–Crippen MR) is 186 cm³/mol. The van der Waals surface area contributed by atoms with Crippen molar-refractivity contribution in [3.05, 3.63) is 128 Å². The van der Waals surface area contributed by atoms with Crippen LogP contribution in [0.3, 0.4) is 0 Å². The van der Waals surface area contributed by atoms with Gasteiger partial charge < -0.3 is 10.2 Å². The second kappa shape index (κ2) is 16.0. The smallest absolute Gasteiger partial charge is 0.264 e. The third-order valence-corrected chi connectivity index (χ3v) is 10.3. The van der Waals surface area contributed by atoms with Crippen molar-refractivity contribution in [3.63, 3.8) is 0 Å². The molecule has 0 aliphatic carbocycles. The first-order valence-electron chi connectivity index (χ1n) is 14.5. The Morgan fingerprint density at radius 2 is 1.37 bits per heavy atom. The lowest BCUT2D eigenvalue weighted by Gasteiger charge is -2.34. The van der Waals surface area contributed by atoms with Gasteiger partial charge in [-0.25, -0.2) is 8.42 Å². The van der Waals surface area contributed by atoms with Crippen molar-refractivity contribution < 1.29 is 18.0 Å². The molecular formula is C34H33Cl4N3O4S. The first kappa shape index (κ1) is 35.6. The molecule has 4 aromatic rings. The van der Waals surface area contributed by atoms with Gasteiger partial charge in [0.15, 0.2) is 0 Å². The summed E-state index contributed by atoms with van der Waals surface area (Å²) in [7, 11) is -4.32. The van der Waals surface area contributed by atoms with Crippen molar-refractivity contribution in [3.8, 4) is 0 Å². The van der Waals surface area contributed by atoms with E-state index >= 15 is 0 Å². The van der Waals surface area contributed by atoms with E-state index in [1.807, 2.05) is 44.2 Å². The monoisotopic (exact) mass is 719 g/mol. The van der Waals surface area contributed by atoms with Gasteiger partial charge in [-0.05, 0) is 61.4 Å². The number of carbonyl (C=O) groups is 2. The number of nitrogens with zero attached hydrogens (tertiary/aromatic N) is 2. The van der Waals surface area contributed by atoms with Gasteiger partial charge in [0.1, 0.15) is 12.6 Å². The van der Waals surface area contributed by atoms with Crippen LogP contribution in [0.15, 0.2) is 102 Å². The van der Waals surface area contributed by atoms with Gasteiger partial charge >= 0.3 is 0 Å². The van der Waals surface area contributed by atoms with Gasteiger partial charge in [-0.1, -0.05) is 108 Å². The maximum atomic E-state index is 14.6. The number of rotatable bonds is 13. The summed E-state index contributed by atoms with van der Waals surface area (Å²) >= 11 is 25.7. The molecule has 0 radical (unpaired) electrons. The second-order valence-corrected chi connectivity index (χ2v) is 14.2. The van der Waals surface area contributed by atoms with E-state index in [1.54, 1.807) is 36.4 Å². The van der Waals surface area contributed by atoms with Crippen molar-refractivity contribution in [1.82, 2.24) is 10.2 Å². The van der Waals surface area contributed by atoms with Gasteiger partial charge in [0.25, 0.3) is 10.0 Å². The molecule has 4 rings (SSSR count). The summed E-state index contributed by atoms with van der Waals surface area (Å²) in [6.07, 6.45) is 0.804. The third-order valence-electron chi connectivity index (χ3n) is 7.41. The third kappa shape index (κ3) is 8.96. The summed E-state index contributed by atoms with van der Waals surface area (Å²) in [5.74, 6) is -1.08. The molecule has 46 heavy (non-hydrogen) atoms. The van der Waals surface area contributed by atoms with E-state index in [9.17, 15) is 18.0 Å². The number of benzene rings is 4. The zero-order valence-electron chi connectivity index (χ0n) is 25.2. The molecule has 242 valence electrons. The average molecular weight is 722 g/mol. The van der Waals surface area contributed by atoms with Crippen molar-refractivity contribution in [1.29, 1.82) is 0 Å². The molecule has 0 heterocycles. The number of hydrogen-bond acceptors (Lipinski definition) is 4. The van der Waals surface area contributed by atoms with Crippen LogP contribution in [0.1, 0.15) is 31.4 Å². The molecule has 7 nitrogen and oxygen atoms in total. The van der Waals surface area contributed by atoms with E-state index < -0.39 is 34.4 Å². The average Bonchev–Trinajstić information content (AvgIpc) is 3.02. The van der Waals surface area contributed by atoms with Gasteiger partial charge in [-0.15, -0.1) is 0 Å². The molecule has 2 amide bonds. The first-order valence-corrected chi connectivity index (χ1v) is 17.5. The number of anilines is 1. The van der Waals surface area contributed by atoms with Gasteiger partial charge in [0.2, 0.25) is 11.8 Å². The van der Waals surface area contributed by atoms with Crippen LogP contribution in [0.2, 0.25) is 20.1 Å². The van der Waals surface area contributed by atoms with E-state index in [1.165, 1.54) is 35.2 Å². The van der Waals surface area contributed by atoms with Gasteiger partial charge in [0.05, 0.1) is 10.6 Å². The number of sulfonamides is 1. The SMILES string of the molecule is CC[C@H](C)NC(=O)[C@H](Cc1ccccc1)N(Cc1c(Cl)cccc1Cl)C(=O)CN(c1cc(Cl)cc(Cl)c1)S(=O)(=O)c1ccccc1. The van der Waals surface area contributed by atoms with Crippen LogP contribution in [-0.4, -0.2) is 43.8 Å². The second-order valence-electron chi connectivity index (χ2n) is 10.7. The van der Waals surface area contributed by atoms with Crippen LogP contribution in [-0.2, 0) is 32.6 Å². The quantitative estimate of drug-likeness (QED) is 0.152. The van der Waals surface area contributed by atoms with Crippen molar-refractivity contribution in [2.75, 3.05) is 10.8 Å². The fraction of sp³-hybridized carbons (Fsp3) is 0.235. The van der Waals surface area contributed by atoms with E-state index in [0.29, 0.717) is 22.0 Å². The lowest BCUT2D eigenvalue weighted by atomic mass is 10.0. The summed E-state index contributed by atoms with van der Waals surface area (Å²) in [4.78, 5) is 29.8. The fourth-order valence-electron chi connectivity index (χ4n) is 4.78. The largest absolute Gasteiger partial charge is 0.352 e. The fourth-order valence-corrected chi connectivity index (χ4v) is 7.23. The summed E-state index contributed by atoms with van der Waals surface area (Å²) < 4.78 is 29.2. The van der Waals surface area contributed by atoms with Crippen LogP contribution < -0.4 is 9.62 Å². The molecule has 0 fully saturated rings. The van der Waals surface area contributed by atoms with E-state index in [-0.39, 0.29) is 39.6 Å². The van der Waals surface area contributed by atoms with Crippen LogP contribution in [0.4, 0.5) is 5.69 Å². The minimum absolute atomic E-state index is 0.0463. The van der Waals surface area contributed by atoms with E-state index in [4.69, 9.17) is 46.4 Å². The van der Waals surface area contributed by atoms with E-state index in [0.717, 1.165) is 9.87 Å². The highest BCUT2D eigenvalue weighted by Gasteiger charge is 2.35. The molecule has 0 aliphatic rings. The number of carbonyl (C=O) groups excluding carboxylic acids is 2. The highest BCUT2D eigenvalue weighted by Crippen LogP contribution is 2.31. The van der Waals surface area contributed by atoms with Gasteiger partial charge in [-0.3, -0.25) is 13.9 Å². The highest BCUT2D eigenvalue weighted by atomic mass is 35.5. The van der Waals surface area contributed by atoms with Crippen LogP contribution >= 0.6 is 46.4 Å². The lowest BCUT2D eigenvalue weighted by Crippen LogP contribution is -2.54. The Hall–Kier alpha value is -3.27. The molecule has 0 bridgehead atoms. The normalized spacial score (nSPS) is 12.7. The Bertz CT molecular complexity index is 1740. The summed E-state index contributed by atoms with van der Waals surface area (Å²) in [5, 5.41) is 3.93. The van der Waals surface area contributed by atoms with Crippen molar-refractivity contribution in [2.24, 2.45) is 0 Å². The molecular weight excluding hydrogens is 688 g/mol. The number of nitrogens with one attached hydrogen (secondary N) is 1. The highest BCUT2D eigenvalue weighted by molar-refractivity contribution is 7.92. The van der Waals surface area contributed by atoms with Crippen LogP contribution in [0, 0.1) is 0 Å². The van der Waals surface area contributed by atoms with E-state index in [2.05, 4.69) is 5.32 Å². The Labute approximate surface area is 290 Å². The molecule has 1 N–H and O–H groups in total. The Balaban J connectivity index is 1.86. The Kier molecular flexibility index (Phi) is 12.4. The van der Waals surface area contributed by atoms with Gasteiger partial charge in [-0.2, -0.15) is 0 Å². The van der Waals surface area contributed by atoms with Crippen molar-refractivity contribution in [2.45, 2.75) is 50.2 Å². The summed E-state index contributed by atoms with van der Waals surface area (Å²) in [6, 6.07) is 24.9. The number of halogens is 4.